The molecule has 0 heterocycles. The number of aliphatic imine (C=N–C) groups is 1. The van der Waals surface area contributed by atoms with Crippen molar-refractivity contribution in [3.8, 4) is 0 Å². The molecule has 0 unspecified atom stereocenters. The molecule has 5 N–H and O–H groups in total. The molecule has 0 saturated heterocycles. The van der Waals surface area contributed by atoms with Crippen molar-refractivity contribution < 1.29 is 44.3 Å². The Morgan fingerprint density at radius 2 is 2.04 bits per heavy atom. The maximum atomic E-state index is 11.5. The predicted molar refractivity (Wildman–Crippen MR) is 82.5 cm³/mol. The Hall–Kier alpha value is -1.05. The molecule has 0 aromatic carbocycles. The minimum atomic E-state index is -1.20. The zero-order chi connectivity index (χ0) is 16.9. The van der Waals surface area contributed by atoms with Crippen LogP contribution in [0, 0.1) is 11.8 Å². The van der Waals surface area contributed by atoms with Crippen LogP contribution in [0.25, 0.3) is 0 Å². The number of nitrogens with two attached hydrogens (primary N) is 2. The molecule has 23 heavy (non-hydrogen) atoms. The monoisotopic (exact) mass is 332 g/mol. The molecule has 0 radical (unpaired) electrons. The van der Waals surface area contributed by atoms with Crippen molar-refractivity contribution in [2.75, 3.05) is 0 Å². The molecule has 0 bridgehead atoms. The van der Waals surface area contributed by atoms with Gasteiger partial charge in [-0.1, -0.05) is 19.9 Å². The van der Waals surface area contributed by atoms with Crippen LogP contribution in [0.5, 0.6) is 0 Å². The Labute approximate surface area is 159 Å². The van der Waals surface area contributed by atoms with Crippen molar-refractivity contribution in [2.45, 2.75) is 52.1 Å². The quantitative estimate of drug-likeness (QED) is 0.261. The molecule has 0 aromatic rings. The fraction of sp³-hybridized carbons (Fsp3) is 0.667. The fourth-order valence-electron chi connectivity index (χ4n) is 2.94. The molecule has 124 valence electrons. The topological polar surface area (TPSA) is 134 Å². The van der Waals surface area contributed by atoms with E-state index in [2.05, 4.69) is 24.2 Å². The van der Waals surface area contributed by atoms with Crippen LogP contribution in [0.3, 0.4) is 0 Å². The van der Waals surface area contributed by atoms with E-state index in [4.69, 9.17) is 11.5 Å². The summed E-state index contributed by atoms with van der Waals surface area (Å²) >= 11 is 0. The van der Waals surface area contributed by atoms with Crippen LogP contribution in [0.2, 0.25) is 0 Å². The summed E-state index contributed by atoms with van der Waals surface area (Å²) in [5.41, 5.74) is 11.1. The summed E-state index contributed by atoms with van der Waals surface area (Å²) in [6.07, 6.45) is 3.12. The largest absolute Gasteiger partial charge is 1.00 e. The summed E-state index contributed by atoms with van der Waals surface area (Å²) in [5, 5.41) is 14.0. The number of rotatable bonds is 6. The Kier molecular flexibility index (Phi) is 9.49. The molecular formula is C15H25N4NaO3. The summed E-state index contributed by atoms with van der Waals surface area (Å²) in [6, 6.07) is -0.483. The maximum Gasteiger partial charge on any atom is 1.00 e. The molecule has 0 saturated carbocycles. The van der Waals surface area contributed by atoms with Crippen LogP contribution in [-0.2, 0) is 9.59 Å². The number of carbonyl (C=O) groups excluding carboxylic acids is 2. The van der Waals surface area contributed by atoms with Gasteiger partial charge in [0.25, 0.3) is 0 Å². The third-order valence-corrected chi connectivity index (χ3v) is 3.77. The van der Waals surface area contributed by atoms with Gasteiger partial charge in [-0.2, -0.15) is 0 Å². The van der Waals surface area contributed by atoms with Gasteiger partial charge in [0.2, 0.25) is 5.91 Å². The smallest absolute Gasteiger partial charge is 0.545 e. The second-order valence-electron chi connectivity index (χ2n) is 6.18. The molecule has 0 fully saturated rings. The van der Waals surface area contributed by atoms with Crippen LogP contribution in [0.15, 0.2) is 16.6 Å². The molecule has 1 aliphatic carbocycles. The van der Waals surface area contributed by atoms with E-state index in [1.54, 1.807) is 6.08 Å². The SMILES string of the molecule is CC(=O)N[C@@H](CC(C)C)[C@H]1CC=C(C(=O)[O-])C[C@@H]1N=C(N)N.[Na+]. The summed E-state index contributed by atoms with van der Waals surface area (Å²) in [5.74, 6) is -1.07. The van der Waals surface area contributed by atoms with Crippen molar-refractivity contribution in [3.05, 3.63) is 11.6 Å². The number of aliphatic carboxylic acids is 1. The fourth-order valence-corrected chi connectivity index (χ4v) is 2.94. The number of nitrogens with one attached hydrogen (secondary N) is 1. The zero-order valence-electron chi connectivity index (χ0n) is 14.3. The van der Waals surface area contributed by atoms with Crippen LogP contribution in [0.1, 0.15) is 40.0 Å². The van der Waals surface area contributed by atoms with Crippen LogP contribution >= 0.6 is 0 Å². The van der Waals surface area contributed by atoms with Crippen molar-refractivity contribution in [2.24, 2.45) is 28.3 Å². The standard InChI is InChI=1S/C15H26N4O3.Na/c1-8(2)6-12(18-9(3)20)11-5-4-10(14(21)22)7-13(11)19-15(16)17;/h4,8,11-13H,5-7H2,1-3H3,(H,18,20)(H,21,22)(H4,16,17,19);/q;+1/p-1/t11-,12+,13+;/m1./s1. The summed E-state index contributed by atoms with van der Waals surface area (Å²) < 4.78 is 0. The molecule has 8 heteroatoms. The predicted octanol–water partition coefficient (Wildman–Crippen LogP) is -3.73. The number of hydrogen-bond donors (Lipinski definition) is 3. The third-order valence-electron chi connectivity index (χ3n) is 3.77. The Bertz CT molecular complexity index is 487. The van der Waals surface area contributed by atoms with Crippen molar-refractivity contribution in [1.29, 1.82) is 0 Å². The zero-order valence-corrected chi connectivity index (χ0v) is 16.3. The van der Waals surface area contributed by atoms with Gasteiger partial charge in [0, 0.05) is 18.9 Å². The average Bonchev–Trinajstić information content (AvgIpc) is 2.35. The molecule has 0 spiro atoms. The number of carbonyl (C=O) groups is 2. The van der Waals surface area contributed by atoms with Crippen LogP contribution < -0.4 is 51.4 Å². The number of nitrogens with zero attached hydrogens (tertiary/aromatic N) is 1. The van der Waals surface area contributed by atoms with E-state index in [-0.39, 0.29) is 71.4 Å². The van der Waals surface area contributed by atoms with E-state index < -0.39 is 5.97 Å². The summed E-state index contributed by atoms with van der Waals surface area (Å²) in [6.45, 7) is 5.60. The van der Waals surface area contributed by atoms with Crippen molar-refractivity contribution >= 4 is 17.8 Å². The van der Waals surface area contributed by atoms with Crippen LogP contribution in [0.4, 0.5) is 0 Å². The minimum absolute atomic E-state index is 0. The second-order valence-corrected chi connectivity index (χ2v) is 6.18. The number of allylic oxidation sites excluding steroid dienone is 1. The van der Waals surface area contributed by atoms with E-state index >= 15 is 0 Å². The Morgan fingerprint density at radius 1 is 1.43 bits per heavy atom. The van der Waals surface area contributed by atoms with E-state index in [0.29, 0.717) is 12.3 Å². The molecule has 1 amide bonds. The van der Waals surface area contributed by atoms with Gasteiger partial charge in [-0.25, -0.2) is 4.99 Å². The molecule has 1 rings (SSSR count). The number of hydrogen-bond acceptors (Lipinski definition) is 4. The van der Waals surface area contributed by atoms with E-state index in [0.717, 1.165) is 6.42 Å². The average molecular weight is 332 g/mol. The molecule has 0 aromatic heterocycles. The van der Waals surface area contributed by atoms with Gasteiger partial charge >= 0.3 is 29.6 Å². The van der Waals surface area contributed by atoms with Gasteiger partial charge in [-0.15, -0.1) is 0 Å². The number of carboxylic acid groups (broad SMARTS) is 1. The summed E-state index contributed by atoms with van der Waals surface area (Å²) in [4.78, 5) is 26.7. The van der Waals surface area contributed by atoms with Crippen molar-refractivity contribution in [1.82, 2.24) is 5.32 Å². The first-order chi connectivity index (χ1) is 10.2. The first-order valence-electron chi connectivity index (χ1n) is 7.47. The van der Waals surface area contributed by atoms with E-state index in [9.17, 15) is 14.7 Å². The normalized spacial score (nSPS) is 21.7. The second kappa shape index (κ2) is 9.95. The molecule has 0 aliphatic heterocycles. The van der Waals surface area contributed by atoms with Gasteiger partial charge < -0.3 is 26.7 Å². The number of carboxylic acids is 1. The van der Waals surface area contributed by atoms with Gasteiger partial charge in [0.1, 0.15) is 0 Å². The molecule has 3 atom stereocenters. The van der Waals surface area contributed by atoms with Gasteiger partial charge in [-0.3, -0.25) is 4.79 Å². The third kappa shape index (κ3) is 7.37. The van der Waals surface area contributed by atoms with Gasteiger partial charge in [0.05, 0.1) is 12.0 Å². The van der Waals surface area contributed by atoms with Crippen molar-refractivity contribution in [3.63, 3.8) is 0 Å². The molecular weight excluding hydrogens is 307 g/mol. The van der Waals surface area contributed by atoms with Gasteiger partial charge in [0.15, 0.2) is 5.96 Å². The first kappa shape index (κ1) is 21.9. The Morgan fingerprint density at radius 3 is 2.48 bits per heavy atom. The number of amides is 1. The maximum absolute atomic E-state index is 11.5. The molecule has 7 nitrogen and oxygen atoms in total. The number of guanidine groups is 1. The van der Waals surface area contributed by atoms with Crippen LogP contribution in [-0.4, -0.2) is 29.9 Å². The summed E-state index contributed by atoms with van der Waals surface area (Å²) in [7, 11) is 0. The molecule has 1 aliphatic rings. The minimum Gasteiger partial charge on any atom is -0.545 e. The first-order valence-corrected chi connectivity index (χ1v) is 7.47. The van der Waals surface area contributed by atoms with Gasteiger partial charge in [-0.05, 0) is 30.8 Å². The van der Waals surface area contributed by atoms with E-state index in [1.807, 2.05) is 0 Å². The Balaban J connectivity index is 0.00000484. The van der Waals surface area contributed by atoms with E-state index in [1.165, 1.54) is 6.92 Å².